The van der Waals surface area contributed by atoms with Crippen LogP contribution >= 0.6 is 0 Å². The van der Waals surface area contributed by atoms with Crippen molar-refractivity contribution >= 4 is 6.09 Å². The Morgan fingerprint density at radius 2 is 1.55 bits per heavy atom. The summed E-state index contributed by atoms with van der Waals surface area (Å²) in [4.78, 5) is 18.6. The predicted molar refractivity (Wildman–Crippen MR) is 121 cm³/mol. The second-order valence-electron chi connectivity index (χ2n) is 8.67. The van der Waals surface area contributed by atoms with E-state index >= 15 is 0 Å². The molecule has 2 heterocycles. The van der Waals surface area contributed by atoms with Gasteiger partial charge in [-0.2, -0.15) is 0 Å². The minimum Gasteiger partial charge on any atom is -0.465 e. The average Bonchev–Trinajstić information content (AvgIpc) is 3.30. The first-order valence-electron chi connectivity index (χ1n) is 11.3. The third-order valence-corrected chi connectivity index (χ3v) is 6.37. The topological polar surface area (TPSA) is 56.2 Å². The molecule has 2 saturated heterocycles. The lowest BCUT2D eigenvalue weighted by atomic mass is 10.0. The Kier molecular flexibility index (Phi) is 7.57. The molecule has 2 atom stereocenters. The van der Waals surface area contributed by atoms with Gasteiger partial charge in [0.25, 0.3) is 0 Å². The van der Waals surface area contributed by atoms with Crippen molar-refractivity contribution in [2.24, 2.45) is 0 Å². The lowest BCUT2D eigenvalue weighted by Crippen LogP contribution is -2.62. The van der Waals surface area contributed by atoms with E-state index in [0.29, 0.717) is 26.3 Å². The van der Waals surface area contributed by atoms with E-state index in [4.69, 9.17) is 4.74 Å². The largest absolute Gasteiger partial charge is 0.465 e. The average molecular weight is 424 g/mol. The van der Waals surface area contributed by atoms with E-state index in [1.165, 1.54) is 18.4 Å². The minimum absolute atomic E-state index is 0.167. The third kappa shape index (κ3) is 6.06. The number of rotatable bonds is 8. The summed E-state index contributed by atoms with van der Waals surface area (Å²) in [5.41, 5.74) is 2.37. The highest BCUT2D eigenvalue weighted by Gasteiger charge is 2.37. The van der Waals surface area contributed by atoms with Gasteiger partial charge in [-0.15, -0.1) is 0 Å². The number of piperazine rings is 1. The van der Waals surface area contributed by atoms with Crippen molar-refractivity contribution in [1.82, 2.24) is 14.7 Å². The van der Waals surface area contributed by atoms with Crippen LogP contribution in [0.5, 0.6) is 0 Å². The Bertz CT molecular complexity index is 811. The van der Waals surface area contributed by atoms with E-state index in [1.807, 2.05) is 36.4 Å². The molecule has 0 radical (unpaired) electrons. The fourth-order valence-corrected chi connectivity index (χ4v) is 4.72. The number of hydrogen-bond acceptors (Lipinski definition) is 4. The molecule has 0 saturated carbocycles. The van der Waals surface area contributed by atoms with Crippen LogP contribution in [0.15, 0.2) is 60.7 Å². The first kappa shape index (κ1) is 21.8. The van der Waals surface area contributed by atoms with E-state index in [9.17, 15) is 9.90 Å². The van der Waals surface area contributed by atoms with Crippen LogP contribution < -0.4 is 0 Å². The zero-order valence-electron chi connectivity index (χ0n) is 18.1. The summed E-state index contributed by atoms with van der Waals surface area (Å²) in [6.07, 6.45) is 1.63. The number of likely N-dealkylation sites (tertiary alicyclic amines) is 1. The molecule has 6 heteroatoms. The van der Waals surface area contributed by atoms with Crippen molar-refractivity contribution in [1.29, 1.82) is 0 Å². The van der Waals surface area contributed by atoms with Gasteiger partial charge in [-0.05, 0) is 37.1 Å². The summed E-state index contributed by atoms with van der Waals surface area (Å²) in [6.45, 7) is 6.12. The summed E-state index contributed by atoms with van der Waals surface area (Å²) < 4.78 is 5.96. The number of carbonyl (C=O) groups is 1. The first-order chi connectivity index (χ1) is 15.2. The Labute approximate surface area is 185 Å². The van der Waals surface area contributed by atoms with Crippen molar-refractivity contribution in [3.8, 4) is 0 Å². The van der Waals surface area contributed by atoms with Gasteiger partial charge in [-0.25, -0.2) is 4.79 Å². The maximum absolute atomic E-state index is 12.1. The molecule has 2 aromatic rings. The van der Waals surface area contributed by atoms with Gasteiger partial charge in [0, 0.05) is 32.2 Å². The SMILES string of the molecule is O=C(O)N1CC(CN2CCCC2)N(Cc2ccccc2)CC1COCc1ccccc1. The molecule has 0 aliphatic carbocycles. The van der Waals surface area contributed by atoms with Gasteiger partial charge in [-0.3, -0.25) is 4.90 Å². The Morgan fingerprint density at radius 1 is 0.903 bits per heavy atom. The molecular formula is C25H33N3O3. The smallest absolute Gasteiger partial charge is 0.407 e. The minimum atomic E-state index is -0.848. The van der Waals surface area contributed by atoms with E-state index in [1.54, 1.807) is 4.90 Å². The fraction of sp³-hybridized carbons (Fsp3) is 0.480. The van der Waals surface area contributed by atoms with E-state index in [0.717, 1.165) is 31.7 Å². The Balaban J connectivity index is 1.44. The Morgan fingerprint density at radius 3 is 2.19 bits per heavy atom. The molecule has 4 rings (SSSR count). The molecule has 0 bridgehead atoms. The van der Waals surface area contributed by atoms with Crippen LogP contribution in [-0.2, 0) is 17.9 Å². The maximum Gasteiger partial charge on any atom is 0.407 e. The predicted octanol–water partition coefficient (Wildman–Crippen LogP) is 3.53. The number of hydrogen-bond donors (Lipinski definition) is 1. The summed E-state index contributed by atoms with van der Waals surface area (Å²) in [5.74, 6) is 0. The second kappa shape index (κ2) is 10.8. The van der Waals surface area contributed by atoms with Crippen molar-refractivity contribution < 1.29 is 14.6 Å². The quantitative estimate of drug-likeness (QED) is 0.704. The number of amides is 1. The molecule has 2 unspecified atom stereocenters. The van der Waals surface area contributed by atoms with Crippen LogP contribution in [0.4, 0.5) is 4.79 Å². The number of nitrogens with zero attached hydrogens (tertiary/aromatic N) is 3. The maximum atomic E-state index is 12.1. The highest BCUT2D eigenvalue weighted by Crippen LogP contribution is 2.22. The van der Waals surface area contributed by atoms with Crippen LogP contribution in [0.1, 0.15) is 24.0 Å². The van der Waals surface area contributed by atoms with Crippen molar-refractivity contribution in [3.05, 3.63) is 71.8 Å². The summed E-state index contributed by atoms with van der Waals surface area (Å²) in [7, 11) is 0. The van der Waals surface area contributed by atoms with Crippen molar-refractivity contribution in [3.63, 3.8) is 0 Å². The summed E-state index contributed by atoms with van der Waals surface area (Å²) in [6, 6.07) is 20.5. The van der Waals surface area contributed by atoms with Crippen LogP contribution in [0.25, 0.3) is 0 Å². The first-order valence-corrected chi connectivity index (χ1v) is 11.3. The molecule has 0 spiro atoms. The zero-order valence-corrected chi connectivity index (χ0v) is 18.1. The molecule has 1 amide bonds. The van der Waals surface area contributed by atoms with Gasteiger partial charge >= 0.3 is 6.09 Å². The van der Waals surface area contributed by atoms with E-state index in [-0.39, 0.29) is 12.1 Å². The molecule has 31 heavy (non-hydrogen) atoms. The molecule has 6 nitrogen and oxygen atoms in total. The van der Waals surface area contributed by atoms with Gasteiger partial charge in [0.2, 0.25) is 0 Å². The lowest BCUT2D eigenvalue weighted by molar-refractivity contribution is -0.0217. The molecular weight excluding hydrogens is 390 g/mol. The van der Waals surface area contributed by atoms with Crippen molar-refractivity contribution in [2.45, 2.75) is 38.1 Å². The van der Waals surface area contributed by atoms with Gasteiger partial charge in [0.05, 0.1) is 19.3 Å². The van der Waals surface area contributed by atoms with Gasteiger partial charge in [-0.1, -0.05) is 60.7 Å². The highest BCUT2D eigenvalue weighted by molar-refractivity contribution is 5.65. The fourth-order valence-electron chi connectivity index (χ4n) is 4.72. The normalized spacial score (nSPS) is 22.6. The number of carboxylic acid groups (broad SMARTS) is 1. The molecule has 2 fully saturated rings. The summed E-state index contributed by atoms with van der Waals surface area (Å²) in [5, 5.41) is 9.92. The van der Waals surface area contributed by atoms with Crippen LogP contribution in [0.3, 0.4) is 0 Å². The summed E-state index contributed by atoms with van der Waals surface area (Å²) >= 11 is 0. The molecule has 2 aliphatic heterocycles. The monoisotopic (exact) mass is 423 g/mol. The van der Waals surface area contributed by atoms with Gasteiger partial charge < -0.3 is 19.6 Å². The van der Waals surface area contributed by atoms with Crippen LogP contribution in [-0.4, -0.2) is 77.3 Å². The highest BCUT2D eigenvalue weighted by atomic mass is 16.5. The van der Waals surface area contributed by atoms with Gasteiger partial charge in [0.1, 0.15) is 0 Å². The van der Waals surface area contributed by atoms with E-state index in [2.05, 4.69) is 34.1 Å². The van der Waals surface area contributed by atoms with Gasteiger partial charge in [0.15, 0.2) is 0 Å². The molecule has 0 aromatic heterocycles. The van der Waals surface area contributed by atoms with Crippen LogP contribution in [0, 0.1) is 0 Å². The Hall–Kier alpha value is -2.41. The number of benzene rings is 2. The van der Waals surface area contributed by atoms with Crippen molar-refractivity contribution in [2.75, 3.05) is 39.3 Å². The van der Waals surface area contributed by atoms with Crippen LogP contribution in [0.2, 0.25) is 0 Å². The number of ether oxygens (including phenoxy) is 1. The molecule has 2 aromatic carbocycles. The molecule has 2 aliphatic rings. The third-order valence-electron chi connectivity index (χ3n) is 6.37. The molecule has 1 N–H and O–H groups in total. The standard InChI is InChI=1S/C25H33N3O3/c29-25(30)28-18-23(16-26-13-7-8-14-26)27(15-21-9-3-1-4-10-21)17-24(28)20-31-19-22-11-5-2-6-12-22/h1-6,9-12,23-24H,7-8,13-20H2,(H,29,30). The molecule has 166 valence electrons. The zero-order chi connectivity index (χ0) is 21.5. The second-order valence-corrected chi connectivity index (χ2v) is 8.67. The lowest BCUT2D eigenvalue weighted by Gasteiger charge is -2.46. The van der Waals surface area contributed by atoms with E-state index < -0.39 is 6.09 Å².